The maximum absolute atomic E-state index is 12.4. The summed E-state index contributed by atoms with van der Waals surface area (Å²) in [6, 6.07) is -10.3. The first-order valence-corrected chi connectivity index (χ1v) is 27.8. The molecule has 0 saturated carbocycles. The van der Waals surface area contributed by atoms with E-state index in [0.29, 0.717) is 0 Å². The maximum Gasteiger partial charge on any atom is 0.322 e. The molecule has 0 radical (unpaired) electrons. The van der Waals surface area contributed by atoms with E-state index >= 15 is 0 Å². The van der Waals surface area contributed by atoms with Crippen molar-refractivity contribution in [1.82, 2.24) is 42.5 Å². The quantitative estimate of drug-likeness (QED) is 0.0199. The van der Waals surface area contributed by atoms with Crippen molar-refractivity contribution in [2.75, 3.05) is 49.2 Å². The van der Waals surface area contributed by atoms with Crippen LogP contribution >= 0.6 is 43.2 Å². The molecule has 0 aliphatic rings. The van der Waals surface area contributed by atoms with Crippen LogP contribution in [0.2, 0.25) is 0 Å². The second kappa shape index (κ2) is 41.8. The third kappa shape index (κ3) is 38.3. The lowest BCUT2D eigenvalue weighted by Crippen LogP contribution is -2.50. The highest BCUT2D eigenvalue weighted by Crippen LogP contribution is 2.24. The van der Waals surface area contributed by atoms with Gasteiger partial charge in [-0.15, -0.1) is 0 Å². The number of aliphatic carboxylic acids is 8. The molecule has 0 bridgehead atoms. The monoisotopic (exact) mass is 1220 g/mol. The van der Waals surface area contributed by atoms with Gasteiger partial charge < -0.3 is 106 Å². The minimum Gasteiger partial charge on any atom is -0.480 e. The van der Waals surface area contributed by atoms with Gasteiger partial charge in [-0.1, -0.05) is 43.2 Å². The second-order valence-electron chi connectivity index (χ2n) is 16.0. The van der Waals surface area contributed by atoms with Gasteiger partial charge in [-0.05, 0) is 25.7 Å². The van der Waals surface area contributed by atoms with E-state index in [1.165, 1.54) is 0 Å². The molecule has 0 aromatic heterocycles. The van der Waals surface area contributed by atoms with Gasteiger partial charge >= 0.3 is 47.8 Å². The van der Waals surface area contributed by atoms with Crippen molar-refractivity contribution in [3.8, 4) is 0 Å². The minimum atomic E-state index is -1.34. The summed E-state index contributed by atoms with van der Waals surface area (Å²) < 4.78 is 0. The molecule has 0 aliphatic carbocycles. The Morgan fingerprint density at radius 1 is 0.300 bits per heavy atom. The van der Waals surface area contributed by atoms with Crippen molar-refractivity contribution in [1.29, 1.82) is 0 Å². The number of carboxylic acids is 8. The number of carbonyl (C=O) groups excluding carboxylic acids is 8. The average molecular weight is 1230 g/mol. The topological polar surface area (TPSA) is 635 Å². The van der Waals surface area contributed by atoms with Crippen LogP contribution in [0.1, 0.15) is 51.4 Å². The predicted molar refractivity (Wildman–Crippen MR) is 280 cm³/mol. The summed E-state index contributed by atoms with van der Waals surface area (Å²) in [4.78, 5) is 185. The number of rotatable bonds is 42. The molecule has 80 heavy (non-hydrogen) atoms. The number of nitrogens with one attached hydrogen (secondary N) is 8. The number of nitrogens with two attached hydrogens (primary N) is 4. The van der Waals surface area contributed by atoms with Gasteiger partial charge in [0.1, 0.15) is 74.5 Å². The van der Waals surface area contributed by atoms with Crippen LogP contribution in [-0.4, -0.2) is 233 Å². The van der Waals surface area contributed by atoms with Crippen molar-refractivity contribution in [3.63, 3.8) is 0 Å². The van der Waals surface area contributed by atoms with E-state index in [2.05, 4.69) is 42.5 Å². The molecule has 0 aromatic rings. The molecule has 8 amide bonds. The van der Waals surface area contributed by atoms with Crippen LogP contribution in [0.15, 0.2) is 0 Å². The van der Waals surface area contributed by atoms with Gasteiger partial charge in [0.05, 0.1) is 0 Å². The molecule has 0 aliphatic heterocycles. The van der Waals surface area contributed by atoms with Crippen LogP contribution in [0.3, 0.4) is 0 Å². The number of carboxylic acid groups (broad SMARTS) is 8. The van der Waals surface area contributed by atoms with Crippen LogP contribution in [0.4, 0.5) is 0 Å². The molecule has 0 aromatic carbocycles. The van der Waals surface area contributed by atoms with Crippen molar-refractivity contribution < 1.29 is 118 Å². The molecule has 24 N–H and O–H groups in total. The van der Waals surface area contributed by atoms with Crippen molar-refractivity contribution in [2.24, 2.45) is 22.9 Å². The lowest BCUT2D eigenvalue weighted by molar-refractivity contribution is -0.140. The SMILES string of the molecule is NC(CCC(=O)NC(CSSCC(NC(=O)CCC(N)C(=O)O)C(=O)NCC(=O)O)C(=O)NCC(=O)O)C(=O)O.NC(CCC(=O)NC(CSSCC(NC(=O)CCC(N)C(=O)O)C(=O)NCC(=O)O)C(=O)NCC(=O)O)C(=O)O. The van der Waals surface area contributed by atoms with Crippen LogP contribution in [0.5, 0.6) is 0 Å². The summed E-state index contributed by atoms with van der Waals surface area (Å²) in [6.07, 6.45) is -2.25. The predicted octanol–water partition coefficient (Wildman–Crippen LogP) is -7.75. The number of hydrogen-bond acceptors (Lipinski definition) is 24. The highest BCUT2D eigenvalue weighted by molar-refractivity contribution is 8.77. The Balaban J connectivity index is 0. The van der Waals surface area contributed by atoms with Gasteiger partial charge in [-0.2, -0.15) is 0 Å². The normalized spacial score (nSPS) is 13.6. The zero-order valence-electron chi connectivity index (χ0n) is 42.0. The Bertz CT molecular complexity index is 1910. The minimum absolute atomic E-state index is 0.155. The smallest absolute Gasteiger partial charge is 0.322 e. The van der Waals surface area contributed by atoms with Crippen LogP contribution in [0.25, 0.3) is 0 Å². The molecule has 8 atom stereocenters. The molecule has 0 heterocycles. The third-order valence-electron chi connectivity index (χ3n) is 9.37. The first-order valence-electron chi connectivity index (χ1n) is 22.8. The van der Waals surface area contributed by atoms with Crippen molar-refractivity contribution in [3.05, 3.63) is 0 Å². The fourth-order valence-corrected chi connectivity index (χ4v) is 9.70. The molecule has 40 heteroatoms. The number of hydrogen-bond donors (Lipinski definition) is 20. The third-order valence-corrected chi connectivity index (χ3v) is 14.2. The number of carbonyl (C=O) groups is 16. The Labute approximate surface area is 468 Å². The average Bonchev–Trinajstić information content (AvgIpc) is 3.37. The van der Waals surface area contributed by atoms with Crippen molar-refractivity contribution >= 4 is 138 Å². The summed E-state index contributed by atoms with van der Waals surface area (Å²) in [7, 11) is 3.78. The highest BCUT2D eigenvalue weighted by Gasteiger charge is 2.28. The Morgan fingerprint density at radius 2 is 0.463 bits per heavy atom. The van der Waals surface area contributed by atoms with E-state index in [-0.39, 0.29) is 74.4 Å². The summed E-state index contributed by atoms with van der Waals surface area (Å²) in [6.45, 7) is -2.96. The van der Waals surface area contributed by atoms with Gasteiger partial charge in [0, 0.05) is 48.7 Å². The Kier molecular flexibility index (Phi) is 39.1. The molecular weight excluding hydrogens is 1160 g/mol. The van der Waals surface area contributed by atoms with Gasteiger partial charge in [-0.25, -0.2) is 0 Å². The molecule has 452 valence electrons. The van der Waals surface area contributed by atoms with Crippen molar-refractivity contribution in [2.45, 2.75) is 99.7 Å². The van der Waals surface area contributed by atoms with Gasteiger partial charge in [0.25, 0.3) is 0 Å². The number of amides is 8. The zero-order valence-corrected chi connectivity index (χ0v) is 45.3. The Hall–Kier alpha value is -7.24. The fraction of sp³-hybridized carbons (Fsp3) is 0.600. The van der Waals surface area contributed by atoms with E-state index in [0.717, 1.165) is 43.2 Å². The molecular formula is C40H64N12O24S4. The van der Waals surface area contributed by atoms with E-state index in [4.69, 9.17) is 63.8 Å². The summed E-state index contributed by atoms with van der Waals surface area (Å²) in [5, 5.41) is 88.1. The summed E-state index contributed by atoms with van der Waals surface area (Å²) in [5.74, 6) is -17.6. The van der Waals surface area contributed by atoms with Crippen LogP contribution in [0, 0.1) is 0 Å². The second-order valence-corrected chi connectivity index (χ2v) is 21.1. The summed E-state index contributed by atoms with van der Waals surface area (Å²) >= 11 is 0. The Morgan fingerprint density at radius 3 is 0.600 bits per heavy atom. The molecule has 36 nitrogen and oxygen atoms in total. The first kappa shape index (κ1) is 74.8. The van der Waals surface area contributed by atoms with E-state index in [9.17, 15) is 76.7 Å². The molecule has 0 saturated heterocycles. The summed E-state index contributed by atoms with van der Waals surface area (Å²) in [5.41, 5.74) is 21.4. The van der Waals surface area contributed by atoms with Gasteiger partial charge in [0.15, 0.2) is 0 Å². The zero-order chi connectivity index (χ0) is 61.7. The van der Waals surface area contributed by atoms with E-state index in [1.54, 1.807) is 0 Å². The molecule has 0 fully saturated rings. The van der Waals surface area contributed by atoms with Crippen LogP contribution < -0.4 is 65.5 Å². The van der Waals surface area contributed by atoms with Crippen LogP contribution in [-0.2, 0) is 76.7 Å². The fourth-order valence-electron chi connectivity index (χ4n) is 5.05. The lowest BCUT2D eigenvalue weighted by atomic mass is 10.1. The molecule has 0 rings (SSSR count). The van der Waals surface area contributed by atoms with E-state index in [1.807, 2.05) is 0 Å². The first-order chi connectivity index (χ1) is 37.3. The van der Waals surface area contributed by atoms with Gasteiger partial charge in [0.2, 0.25) is 47.3 Å². The maximum atomic E-state index is 12.4. The standard InChI is InChI=1S/2C20H32N6O12S2/c2*21-9(19(35)36)1-3-13(27)25-11(17(33)23-5-15(29)30)7-39-40-8-12(18(34)24-6-16(31)32)26-14(28)4-2-10(22)20(37)38/h2*9-12H,1-8,21-22H2,(H,23,33)(H,24,34)(H,25,27)(H,26,28)(H,29,30)(H,31,32)(H,35,36)(H,37,38). The largest absolute Gasteiger partial charge is 0.480 e. The van der Waals surface area contributed by atoms with E-state index < -0.39 is 170 Å². The van der Waals surface area contributed by atoms with Gasteiger partial charge in [-0.3, -0.25) is 76.7 Å². The highest BCUT2D eigenvalue weighted by atomic mass is 33.1. The molecule has 0 spiro atoms. The molecule has 8 unspecified atom stereocenters. The lowest BCUT2D eigenvalue weighted by Gasteiger charge is -2.20.